The van der Waals surface area contributed by atoms with Crippen LogP contribution in [0.3, 0.4) is 0 Å². The largest absolute Gasteiger partial charge is 0.398 e. The first-order chi connectivity index (χ1) is 8.56. The maximum Gasteiger partial charge on any atom is 0.129 e. The molecule has 18 heavy (non-hydrogen) atoms. The van der Waals surface area contributed by atoms with Gasteiger partial charge in [0.05, 0.1) is 4.34 Å². The van der Waals surface area contributed by atoms with Crippen LogP contribution in [0, 0.1) is 5.82 Å². The Kier molecular flexibility index (Phi) is 4.22. The zero-order valence-electron chi connectivity index (χ0n) is 9.99. The SMILES string of the molecule is CN(Cc1ccc(Cl)s1)Cc1c(N)cccc1F. The molecule has 0 fully saturated rings. The first-order valence-electron chi connectivity index (χ1n) is 5.52. The van der Waals surface area contributed by atoms with Gasteiger partial charge in [-0.05, 0) is 31.3 Å². The highest BCUT2D eigenvalue weighted by Crippen LogP contribution is 2.24. The van der Waals surface area contributed by atoms with Crippen molar-refractivity contribution in [1.82, 2.24) is 4.90 Å². The number of halogens is 2. The predicted molar refractivity (Wildman–Crippen MR) is 75.3 cm³/mol. The van der Waals surface area contributed by atoms with E-state index in [9.17, 15) is 4.39 Å². The van der Waals surface area contributed by atoms with Crippen molar-refractivity contribution in [2.75, 3.05) is 12.8 Å². The van der Waals surface area contributed by atoms with E-state index in [4.69, 9.17) is 17.3 Å². The number of hydrogen-bond donors (Lipinski definition) is 1. The quantitative estimate of drug-likeness (QED) is 0.866. The molecule has 0 bridgehead atoms. The van der Waals surface area contributed by atoms with E-state index in [1.165, 1.54) is 17.4 Å². The second kappa shape index (κ2) is 5.69. The lowest BCUT2D eigenvalue weighted by Crippen LogP contribution is -2.18. The zero-order valence-corrected chi connectivity index (χ0v) is 11.6. The number of nitrogen functional groups attached to an aromatic ring is 1. The number of anilines is 1. The molecule has 1 aromatic heterocycles. The third-order valence-corrected chi connectivity index (χ3v) is 3.85. The van der Waals surface area contributed by atoms with Crippen molar-refractivity contribution in [3.05, 3.63) is 50.9 Å². The van der Waals surface area contributed by atoms with Crippen molar-refractivity contribution in [2.24, 2.45) is 0 Å². The summed E-state index contributed by atoms with van der Waals surface area (Å²) in [5.41, 5.74) is 6.82. The Balaban J connectivity index is 2.05. The average molecular weight is 285 g/mol. The van der Waals surface area contributed by atoms with Gasteiger partial charge in [-0.1, -0.05) is 17.7 Å². The van der Waals surface area contributed by atoms with E-state index in [0.29, 0.717) is 17.8 Å². The van der Waals surface area contributed by atoms with Gasteiger partial charge < -0.3 is 5.73 Å². The van der Waals surface area contributed by atoms with Crippen LogP contribution in [-0.2, 0) is 13.1 Å². The van der Waals surface area contributed by atoms with Gasteiger partial charge in [0, 0.05) is 29.2 Å². The van der Waals surface area contributed by atoms with E-state index in [-0.39, 0.29) is 5.82 Å². The minimum atomic E-state index is -0.258. The number of thiophene rings is 1. The molecule has 0 spiro atoms. The lowest BCUT2D eigenvalue weighted by atomic mass is 10.1. The Morgan fingerprint density at radius 1 is 1.28 bits per heavy atom. The fraction of sp³-hybridized carbons (Fsp3) is 0.231. The summed E-state index contributed by atoms with van der Waals surface area (Å²) in [5, 5.41) is 0. The van der Waals surface area contributed by atoms with Crippen molar-refractivity contribution >= 4 is 28.6 Å². The van der Waals surface area contributed by atoms with Gasteiger partial charge in [-0.3, -0.25) is 4.90 Å². The molecule has 0 radical (unpaired) electrons. The van der Waals surface area contributed by atoms with E-state index >= 15 is 0 Å². The summed E-state index contributed by atoms with van der Waals surface area (Å²) in [6.45, 7) is 1.21. The summed E-state index contributed by atoms with van der Waals surface area (Å²) in [5.74, 6) is -0.258. The van der Waals surface area contributed by atoms with E-state index in [0.717, 1.165) is 15.8 Å². The average Bonchev–Trinajstić information content (AvgIpc) is 2.69. The summed E-state index contributed by atoms with van der Waals surface area (Å²) in [6, 6.07) is 8.62. The van der Waals surface area contributed by atoms with Gasteiger partial charge in [0.1, 0.15) is 5.82 Å². The minimum Gasteiger partial charge on any atom is -0.398 e. The van der Waals surface area contributed by atoms with E-state index in [1.807, 2.05) is 24.1 Å². The van der Waals surface area contributed by atoms with Gasteiger partial charge in [-0.15, -0.1) is 11.3 Å². The lowest BCUT2D eigenvalue weighted by molar-refractivity contribution is 0.317. The van der Waals surface area contributed by atoms with Gasteiger partial charge in [0.15, 0.2) is 0 Å². The van der Waals surface area contributed by atoms with Crippen LogP contribution < -0.4 is 5.73 Å². The number of nitrogens with two attached hydrogens (primary N) is 1. The summed E-state index contributed by atoms with van der Waals surface area (Å²) in [7, 11) is 1.93. The molecule has 5 heteroatoms. The number of nitrogens with zero attached hydrogens (tertiary/aromatic N) is 1. The molecule has 2 aromatic rings. The van der Waals surface area contributed by atoms with Crippen LogP contribution in [0.15, 0.2) is 30.3 Å². The number of rotatable bonds is 4. The van der Waals surface area contributed by atoms with Gasteiger partial charge in [-0.2, -0.15) is 0 Å². The lowest BCUT2D eigenvalue weighted by Gasteiger charge is -2.17. The Morgan fingerprint density at radius 2 is 2.06 bits per heavy atom. The maximum absolute atomic E-state index is 13.6. The smallest absolute Gasteiger partial charge is 0.129 e. The van der Waals surface area contributed by atoms with Crippen LogP contribution in [0.25, 0.3) is 0 Å². The van der Waals surface area contributed by atoms with Crippen LogP contribution in [0.4, 0.5) is 10.1 Å². The molecular formula is C13H14ClFN2S. The molecule has 0 saturated heterocycles. The molecule has 2 rings (SSSR count). The van der Waals surface area contributed by atoms with Crippen molar-refractivity contribution < 1.29 is 4.39 Å². The summed E-state index contributed by atoms with van der Waals surface area (Å²) in [4.78, 5) is 3.16. The van der Waals surface area contributed by atoms with Crippen molar-refractivity contribution in [1.29, 1.82) is 0 Å². The molecule has 0 aliphatic rings. The highest BCUT2D eigenvalue weighted by atomic mass is 35.5. The second-order valence-corrected chi connectivity index (χ2v) is 5.99. The second-order valence-electron chi connectivity index (χ2n) is 4.19. The van der Waals surface area contributed by atoms with E-state index in [2.05, 4.69) is 0 Å². The van der Waals surface area contributed by atoms with E-state index in [1.54, 1.807) is 12.1 Å². The maximum atomic E-state index is 13.6. The molecule has 0 atom stereocenters. The third kappa shape index (κ3) is 3.22. The summed E-state index contributed by atoms with van der Waals surface area (Å²) >= 11 is 7.41. The number of benzene rings is 1. The topological polar surface area (TPSA) is 29.3 Å². The highest BCUT2D eigenvalue weighted by Gasteiger charge is 2.10. The van der Waals surface area contributed by atoms with Gasteiger partial charge >= 0.3 is 0 Å². The van der Waals surface area contributed by atoms with Crippen LogP contribution >= 0.6 is 22.9 Å². The first kappa shape index (κ1) is 13.3. The molecule has 0 amide bonds. The Morgan fingerprint density at radius 3 is 2.67 bits per heavy atom. The van der Waals surface area contributed by atoms with Crippen molar-refractivity contribution in [2.45, 2.75) is 13.1 Å². The highest BCUT2D eigenvalue weighted by molar-refractivity contribution is 7.16. The van der Waals surface area contributed by atoms with Gasteiger partial charge in [0.2, 0.25) is 0 Å². The molecule has 1 aromatic carbocycles. The normalized spacial score (nSPS) is 11.1. The third-order valence-electron chi connectivity index (χ3n) is 2.64. The van der Waals surface area contributed by atoms with E-state index < -0.39 is 0 Å². The van der Waals surface area contributed by atoms with Crippen LogP contribution in [0.1, 0.15) is 10.4 Å². The van der Waals surface area contributed by atoms with Gasteiger partial charge in [-0.25, -0.2) is 4.39 Å². The van der Waals surface area contributed by atoms with Crippen molar-refractivity contribution in [3.8, 4) is 0 Å². The zero-order chi connectivity index (χ0) is 13.1. The molecule has 1 heterocycles. The molecule has 0 aliphatic heterocycles. The fourth-order valence-corrected chi connectivity index (χ4v) is 2.94. The predicted octanol–water partition coefficient (Wildman–Crippen LogP) is 3.75. The minimum absolute atomic E-state index is 0.258. The summed E-state index contributed by atoms with van der Waals surface area (Å²) < 4.78 is 14.4. The molecule has 96 valence electrons. The monoisotopic (exact) mass is 284 g/mol. The fourth-order valence-electron chi connectivity index (χ4n) is 1.77. The van der Waals surface area contributed by atoms with Crippen LogP contribution in [-0.4, -0.2) is 11.9 Å². The first-order valence-corrected chi connectivity index (χ1v) is 6.71. The van der Waals surface area contributed by atoms with Crippen LogP contribution in [0.5, 0.6) is 0 Å². The standard InChI is InChI=1S/C13H14ClFN2S/c1-17(7-9-5-6-13(14)18-9)8-10-11(15)3-2-4-12(10)16/h2-6H,7-8,16H2,1H3. The van der Waals surface area contributed by atoms with Gasteiger partial charge in [0.25, 0.3) is 0 Å². The Hall–Kier alpha value is -1.10. The molecule has 2 N–H and O–H groups in total. The van der Waals surface area contributed by atoms with Crippen molar-refractivity contribution in [3.63, 3.8) is 0 Å². The molecule has 2 nitrogen and oxygen atoms in total. The Bertz CT molecular complexity index is 521. The summed E-state index contributed by atoms with van der Waals surface area (Å²) in [6.07, 6.45) is 0. The molecule has 0 aliphatic carbocycles. The molecular weight excluding hydrogens is 271 g/mol. The molecule has 0 saturated carbocycles. The van der Waals surface area contributed by atoms with Crippen LogP contribution in [0.2, 0.25) is 4.34 Å². The molecule has 0 unspecified atom stereocenters. The number of hydrogen-bond acceptors (Lipinski definition) is 3. The Labute approximate surface area is 115 Å².